The van der Waals surface area contributed by atoms with Crippen LogP contribution in [0.3, 0.4) is 0 Å². The van der Waals surface area contributed by atoms with Crippen LogP contribution in [0.15, 0.2) is 0 Å². The number of carbonyl (C=O) groups excluding carboxylic acids is 2. The zero-order chi connectivity index (χ0) is 13.7. The number of nitrogens with one attached hydrogen (secondary N) is 1. The molecule has 108 valence electrons. The van der Waals surface area contributed by atoms with Gasteiger partial charge in [-0.15, -0.1) is 0 Å². The van der Waals surface area contributed by atoms with Crippen LogP contribution in [-0.4, -0.2) is 41.8 Å². The van der Waals surface area contributed by atoms with Crippen molar-refractivity contribution in [1.29, 1.82) is 0 Å². The molecule has 4 heteroatoms. The fourth-order valence-corrected chi connectivity index (χ4v) is 3.37. The summed E-state index contributed by atoms with van der Waals surface area (Å²) in [5.74, 6) is 0.368. The second-order valence-electron chi connectivity index (χ2n) is 6.08. The van der Waals surface area contributed by atoms with Crippen molar-refractivity contribution < 1.29 is 9.59 Å². The summed E-state index contributed by atoms with van der Waals surface area (Å²) in [5.41, 5.74) is 0. The second-order valence-corrected chi connectivity index (χ2v) is 6.08. The fraction of sp³-hybridized carbons (Fsp3) is 0.867. The number of hydrogen-bond acceptors (Lipinski definition) is 3. The molecule has 0 bridgehead atoms. The normalized spacial score (nSPS) is 25.4. The maximum atomic E-state index is 12.1. The molecule has 1 heterocycles. The minimum atomic E-state index is 0.141. The van der Waals surface area contributed by atoms with E-state index in [0.717, 1.165) is 32.2 Å². The average molecular weight is 266 g/mol. The van der Waals surface area contributed by atoms with E-state index in [-0.39, 0.29) is 17.7 Å². The predicted octanol–water partition coefficient (Wildman–Crippen LogP) is 1.88. The highest BCUT2D eigenvalue weighted by atomic mass is 16.2. The Bertz CT molecular complexity index is 324. The van der Waals surface area contributed by atoms with Gasteiger partial charge in [-0.2, -0.15) is 0 Å². The highest BCUT2D eigenvalue weighted by molar-refractivity contribution is 5.79. The lowest BCUT2D eigenvalue weighted by Crippen LogP contribution is -2.44. The zero-order valence-corrected chi connectivity index (χ0v) is 12.0. The van der Waals surface area contributed by atoms with Gasteiger partial charge in [0, 0.05) is 18.5 Å². The molecule has 2 fully saturated rings. The standard InChI is InChI=1S/C15H26N2O2/c1-12(18)10-14-8-5-9-17(14)11-15(19)16-13-6-3-2-4-7-13/h13-14H,2-11H2,1H3,(H,16,19). The Morgan fingerprint density at radius 1 is 1.11 bits per heavy atom. The van der Waals surface area contributed by atoms with E-state index in [0.29, 0.717) is 19.0 Å². The maximum absolute atomic E-state index is 12.1. The van der Waals surface area contributed by atoms with Gasteiger partial charge in [0.1, 0.15) is 5.78 Å². The quantitative estimate of drug-likeness (QED) is 0.826. The van der Waals surface area contributed by atoms with Gasteiger partial charge in [0.05, 0.1) is 6.54 Å². The third kappa shape index (κ3) is 4.60. The van der Waals surface area contributed by atoms with Gasteiger partial charge in [-0.25, -0.2) is 0 Å². The highest BCUT2D eigenvalue weighted by Crippen LogP contribution is 2.20. The smallest absolute Gasteiger partial charge is 0.234 e. The molecule has 2 rings (SSSR count). The second kappa shape index (κ2) is 7.04. The molecule has 1 aliphatic heterocycles. The number of ketones is 1. The Morgan fingerprint density at radius 3 is 2.53 bits per heavy atom. The van der Waals surface area contributed by atoms with Gasteiger partial charge in [0.15, 0.2) is 0 Å². The highest BCUT2D eigenvalue weighted by Gasteiger charge is 2.27. The van der Waals surface area contributed by atoms with Crippen molar-refractivity contribution in [3.05, 3.63) is 0 Å². The Kier molecular flexibility index (Phi) is 5.37. The number of rotatable bonds is 5. The van der Waals surface area contributed by atoms with Crippen molar-refractivity contribution >= 4 is 11.7 Å². The van der Waals surface area contributed by atoms with Crippen molar-refractivity contribution in [2.45, 2.75) is 70.4 Å². The van der Waals surface area contributed by atoms with Crippen LogP contribution in [0.25, 0.3) is 0 Å². The van der Waals surface area contributed by atoms with Crippen molar-refractivity contribution in [1.82, 2.24) is 10.2 Å². The zero-order valence-electron chi connectivity index (χ0n) is 12.0. The molecule has 19 heavy (non-hydrogen) atoms. The van der Waals surface area contributed by atoms with Crippen molar-refractivity contribution in [2.24, 2.45) is 0 Å². The summed E-state index contributed by atoms with van der Waals surface area (Å²) in [6, 6.07) is 0.671. The van der Waals surface area contributed by atoms with Crippen LogP contribution < -0.4 is 5.32 Å². The first kappa shape index (κ1) is 14.5. The largest absolute Gasteiger partial charge is 0.352 e. The number of amides is 1. The number of Topliss-reactive ketones (excluding diaryl/α,β-unsaturated/α-hetero) is 1. The fourth-order valence-electron chi connectivity index (χ4n) is 3.37. The van der Waals surface area contributed by atoms with Crippen LogP contribution in [0, 0.1) is 0 Å². The third-order valence-corrected chi connectivity index (χ3v) is 4.34. The van der Waals surface area contributed by atoms with E-state index >= 15 is 0 Å². The lowest BCUT2D eigenvalue weighted by atomic mass is 9.95. The first-order valence-electron chi connectivity index (χ1n) is 7.68. The van der Waals surface area contributed by atoms with Crippen LogP contribution in [-0.2, 0) is 9.59 Å². The van der Waals surface area contributed by atoms with E-state index in [1.807, 2.05) is 0 Å². The minimum Gasteiger partial charge on any atom is -0.352 e. The van der Waals surface area contributed by atoms with E-state index in [2.05, 4.69) is 10.2 Å². The molecule has 1 unspecified atom stereocenters. The molecule has 1 saturated carbocycles. The summed E-state index contributed by atoms with van der Waals surface area (Å²) in [6.07, 6.45) is 8.79. The Balaban J connectivity index is 1.75. The van der Waals surface area contributed by atoms with E-state index in [1.165, 1.54) is 19.3 Å². The van der Waals surface area contributed by atoms with E-state index in [9.17, 15) is 9.59 Å². The topological polar surface area (TPSA) is 49.4 Å². The lowest BCUT2D eigenvalue weighted by Gasteiger charge is -2.26. The molecule has 0 aromatic heterocycles. The molecule has 0 aromatic carbocycles. The minimum absolute atomic E-state index is 0.141. The first-order valence-corrected chi connectivity index (χ1v) is 7.68. The molecule has 0 radical (unpaired) electrons. The summed E-state index contributed by atoms with van der Waals surface area (Å²) in [7, 11) is 0. The van der Waals surface area contributed by atoms with Crippen molar-refractivity contribution in [3.8, 4) is 0 Å². The molecular weight excluding hydrogens is 240 g/mol. The Labute approximate surface area is 115 Å². The molecule has 4 nitrogen and oxygen atoms in total. The summed E-state index contributed by atoms with van der Waals surface area (Å²) >= 11 is 0. The predicted molar refractivity (Wildman–Crippen MR) is 74.9 cm³/mol. The van der Waals surface area contributed by atoms with Crippen LogP contribution in [0.1, 0.15) is 58.3 Å². The van der Waals surface area contributed by atoms with Gasteiger partial charge in [0.2, 0.25) is 5.91 Å². The number of hydrogen-bond donors (Lipinski definition) is 1. The monoisotopic (exact) mass is 266 g/mol. The molecule has 1 saturated heterocycles. The molecule has 0 spiro atoms. The number of carbonyl (C=O) groups is 2. The molecular formula is C15H26N2O2. The summed E-state index contributed by atoms with van der Waals surface area (Å²) < 4.78 is 0. The molecule has 0 aromatic rings. The van der Waals surface area contributed by atoms with Gasteiger partial charge in [-0.1, -0.05) is 19.3 Å². The molecule has 1 amide bonds. The lowest BCUT2D eigenvalue weighted by molar-refractivity contribution is -0.124. The van der Waals surface area contributed by atoms with E-state index in [4.69, 9.17) is 0 Å². The molecule has 2 aliphatic rings. The third-order valence-electron chi connectivity index (χ3n) is 4.34. The van der Waals surface area contributed by atoms with Crippen LogP contribution in [0.5, 0.6) is 0 Å². The summed E-state index contributed by atoms with van der Waals surface area (Å²) in [4.78, 5) is 25.5. The van der Waals surface area contributed by atoms with Crippen molar-refractivity contribution in [3.63, 3.8) is 0 Å². The molecule has 1 atom stereocenters. The van der Waals surface area contributed by atoms with Gasteiger partial charge >= 0.3 is 0 Å². The van der Waals surface area contributed by atoms with Gasteiger partial charge in [-0.05, 0) is 39.2 Å². The van der Waals surface area contributed by atoms with E-state index < -0.39 is 0 Å². The number of nitrogens with zero attached hydrogens (tertiary/aromatic N) is 1. The van der Waals surface area contributed by atoms with Crippen LogP contribution in [0.4, 0.5) is 0 Å². The number of likely N-dealkylation sites (tertiary alicyclic amines) is 1. The van der Waals surface area contributed by atoms with Gasteiger partial charge < -0.3 is 5.32 Å². The Hall–Kier alpha value is -0.900. The molecule has 1 aliphatic carbocycles. The van der Waals surface area contributed by atoms with Crippen molar-refractivity contribution in [2.75, 3.05) is 13.1 Å². The van der Waals surface area contributed by atoms with Gasteiger partial charge in [0.25, 0.3) is 0 Å². The van der Waals surface area contributed by atoms with Gasteiger partial charge in [-0.3, -0.25) is 14.5 Å². The summed E-state index contributed by atoms with van der Waals surface area (Å²) in [6.45, 7) is 3.06. The Morgan fingerprint density at radius 2 is 1.84 bits per heavy atom. The first-order chi connectivity index (χ1) is 9.15. The van der Waals surface area contributed by atoms with Crippen LogP contribution in [0.2, 0.25) is 0 Å². The average Bonchev–Trinajstić information content (AvgIpc) is 2.77. The summed E-state index contributed by atoms with van der Waals surface area (Å²) in [5, 5.41) is 3.15. The van der Waals surface area contributed by atoms with Crippen LogP contribution >= 0.6 is 0 Å². The van der Waals surface area contributed by atoms with E-state index in [1.54, 1.807) is 6.92 Å². The SMILES string of the molecule is CC(=O)CC1CCCN1CC(=O)NC1CCCCC1. The maximum Gasteiger partial charge on any atom is 0.234 e. The molecule has 1 N–H and O–H groups in total.